The Balaban J connectivity index is 2.37. The largest absolute Gasteiger partial charge is 0.462 e. The first-order valence-electron chi connectivity index (χ1n) is 3.59. The summed E-state index contributed by atoms with van der Waals surface area (Å²) in [6.07, 6.45) is -0.579. The predicted molar refractivity (Wildman–Crippen MR) is 44.3 cm³/mol. The van der Waals surface area contributed by atoms with E-state index in [1.54, 1.807) is 0 Å². The number of ether oxygens (including phenoxy) is 2. The molecule has 0 spiro atoms. The van der Waals surface area contributed by atoms with Crippen molar-refractivity contribution in [3.8, 4) is 0 Å². The Morgan fingerprint density at radius 2 is 2.31 bits per heavy atom. The lowest BCUT2D eigenvalue weighted by Gasteiger charge is -2.06. The number of hydrogen-bond acceptors (Lipinski definition) is 5. The highest BCUT2D eigenvalue weighted by atomic mass is 79.9. The Kier molecular flexibility index (Phi) is 3.41. The molecule has 1 atom stereocenters. The quantitative estimate of drug-likeness (QED) is 0.395. The summed E-state index contributed by atoms with van der Waals surface area (Å²) in [6.45, 7) is 0.0418. The number of alkyl halides is 1. The van der Waals surface area contributed by atoms with Crippen LogP contribution in [0.5, 0.6) is 0 Å². The third-order valence-corrected chi connectivity index (χ3v) is 1.96. The van der Waals surface area contributed by atoms with E-state index in [0.717, 1.165) is 0 Å². The third-order valence-electron chi connectivity index (χ3n) is 1.45. The Labute approximate surface area is 82.5 Å². The summed E-state index contributed by atoms with van der Waals surface area (Å²) in [6, 6.07) is 0. The number of halogens is 1. The topological polar surface area (TPSA) is 69.7 Å². The predicted octanol–water partition coefficient (Wildman–Crippen LogP) is -0.191. The molecule has 1 unspecified atom stereocenters. The van der Waals surface area contributed by atoms with E-state index in [1.807, 2.05) is 0 Å². The Bertz CT molecular complexity index is 249. The maximum atomic E-state index is 10.9. The molecule has 0 aromatic heterocycles. The second-order valence-corrected chi connectivity index (χ2v) is 3.03. The first kappa shape index (κ1) is 10.2. The molecule has 1 rings (SSSR count). The highest BCUT2D eigenvalue weighted by Crippen LogP contribution is 2.10. The normalized spacial score (nSPS) is 21.0. The number of ketones is 1. The minimum absolute atomic E-state index is 0.0291. The van der Waals surface area contributed by atoms with Gasteiger partial charge in [-0.25, -0.2) is 4.79 Å². The molecule has 72 valence electrons. The van der Waals surface area contributed by atoms with Gasteiger partial charge in [0.1, 0.15) is 12.7 Å². The van der Waals surface area contributed by atoms with Gasteiger partial charge in [-0.15, -0.1) is 0 Å². The van der Waals surface area contributed by atoms with Crippen molar-refractivity contribution in [3.63, 3.8) is 0 Å². The second-order valence-electron chi connectivity index (χ2n) is 2.47. The molecule has 1 heterocycles. The van der Waals surface area contributed by atoms with E-state index in [2.05, 4.69) is 25.4 Å². The average Bonchev–Trinajstić information content (AvgIpc) is 2.49. The lowest BCUT2D eigenvalue weighted by Crippen LogP contribution is -2.25. The van der Waals surface area contributed by atoms with Crippen LogP contribution in [0.15, 0.2) is 0 Å². The maximum absolute atomic E-state index is 10.9. The molecule has 0 radical (unpaired) electrons. The number of carbonyl (C=O) groups is 3. The number of Topliss-reactive ketones (excluding diaryl/α,β-unsaturated/α-hetero) is 1. The number of esters is 2. The van der Waals surface area contributed by atoms with E-state index >= 15 is 0 Å². The van der Waals surface area contributed by atoms with E-state index in [1.165, 1.54) is 0 Å². The second kappa shape index (κ2) is 4.36. The van der Waals surface area contributed by atoms with Gasteiger partial charge in [0.05, 0.1) is 11.8 Å². The highest BCUT2D eigenvalue weighted by molar-refractivity contribution is 9.09. The van der Waals surface area contributed by atoms with E-state index in [-0.39, 0.29) is 18.4 Å². The monoisotopic (exact) mass is 250 g/mol. The molecule has 6 heteroatoms. The van der Waals surface area contributed by atoms with Crippen molar-refractivity contribution in [1.82, 2.24) is 0 Å². The van der Waals surface area contributed by atoms with Crippen LogP contribution >= 0.6 is 15.9 Å². The van der Waals surface area contributed by atoms with Crippen molar-refractivity contribution in [2.75, 3.05) is 11.9 Å². The van der Waals surface area contributed by atoms with Crippen LogP contribution in [-0.4, -0.2) is 35.8 Å². The molecular weight excluding hydrogens is 244 g/mol. The van der Waals surface area contributed by atoms with Gasteiger partial charge in [0, 0.05) is 0 Å². The molecule has 0 bridgehead atoms. The summed E-state index contributed by atoms with van der Waals surface area (Å²) in [5.74, 6) is -2.01. The molecule has 1 aliphatic rings. The summed E-state index contributed by atoms with van der Waals surface area (Å²) in [4.78, 5) is 32.2. The summed E-state index contributed by atoms with van der Waals surface area (Å²) >= 11 is 2.83. The van der Waals surface area contributed by atoms with E-state index in [4.69, 9.17) is 0 Å². The summed E-state index contributed by atoms with van der Waals surface area (Å²) in [5, 5.41) is -0.0760. The molecule has 0 aliphatic carbocycles. The molecule has 0 N–H and O–H groups in total. The summed E-state index contributed by atoms with van der Waals surface area (Å²) < 4.78 is 9.21. The summed E-state index contributed by atoms with van der Waals surface area (Å²) in [5.41, 5.74) is 0. The minimum atomic E-state index is -0.930. The molecular formula is C7H7BrO5. The molecule has 13 heavy (non-hydrogen) atoms. The molecule has 0 saturated carbocycles. The minimum Gasteiger partial charge on any atom is -0.462 e. The zero-order chi connectivity index (χ0) is 9.84. The van der Waals surface area contributed by atoms with Crippen molar-refractivity contribution in [2.45, 2.75) is 12.5 Å². The van der Waals surface area contributed by atoms with Gasteiger partial charge in [0.15, 0.2) is 0 Å². The van der Waals surface area contributed by atoms with Gasteiger partial charge in [0.25, 0.3) is 5.78 Å². The number of carbonyl (C=O) groups excluding carboxylic acids is 3. The van der Waals surface area contributed by atoms with Crippen LogP contribution in [-0.2, 0) is 23.9 Å². The summed E-state index contributed by atoms with van der Waals surface area (Å²) in [7, 11) is 0. The molecule has 0 aromatic carbocycles. The Hall–Kier alpha value is -0.910. The lowest BCUT2D eigenvalue weighted by atomic mass is 10.3. The lowest BCUT2D eigenvalue weighted by molar-refractivity contribution is -0.156. The van der Waals surface area contributed by atoms with Crippen LogP contribution in [0.1, 0.15) is 6.42 Å². The van der Waals surface area contributed by atoms with Crippen molar-refractivity contribution in [1.29, 1.82) is 0 Å². The smallest absolute Gasteiger partial charge is 0.375 e. The van der Waals surface area contributed by atoms with Crippen LogP contribution in [0.25, 0.3) is 0 Å². The van der Waals surface area contributed by atoms with Crippen LogP contribution in [0.2, 0.25) is 0 Å². The fraction of sp³-hybridized carbons (Fsp3) is 0.571. The molecule has 1 fully saturated rings. The molecule has 5 nitrogen and oxygen atoms in total. The Morgan fingerprint density at radius 1 is 1.62 bits per heavy atom. The first-order chi connectivity index (χ1) is 6.13. The number of cyclic esters (lactones) is 1. The molecule has 0 aromatic rings. The SMILES string of the molecule is O=C1CC(OC(=O)C(=O)CBr)CO1. The molecule has 1 aliphatic heterocycles. The van der Waals surface area contributed by atoms with Gasteiger partial charge in [-0.1, -0.05) is 15.9 Å². The van der Waals surface area contributed by atoms with Crippen molar-refractivity contribution < 1.29 is 23.9 Å². The van der Waals surface area contributed by atoms with E-state index in [9.17, 15) is 14.4 Å². The zero-order valence-electron chi connectivity index (χ0n) is 6.62. The van der Waals surface area contributed by atoms with Crippen molar-refractivity contribution in [2.24, 2.45) is 0 Å². The third kappa shape index (κ3) is 2.80. The average molecular weight is 251 g/mol. The van der Waals surface area contributed by atoms with Gasteiger partial charge in [-0.2, -0.15) is 0 Å². The zero-order valence-corrected chi connectivity index (χ0v) is 8.20. The number of rotatable bonds is 3. The molecule has 1 saturated heterocycles. The van der Waals surface area contributed by atoms with Gasteiger partial charge in [-0.3, -0.25) is 9.59 Å². The highest BCUT2D eigenvalue weighted by Gasteiger charge is 2.28. The fourth-order valence-corrected chi connectivity index (χ4v) is 1.07. The van der Waals surface area contributed by atoms with Gasteiger partial charge >= 0.3 is 11.9 Å². The van der Waals surface area contributed by atoms with E-state index < -0.39 is 23.8 Å². The van der Waals surface area contributed by atoms with Crippen LogP contribution in [0.4, 0.5) is 0 Å². The van der Waals surface area contributed by atoms with Crippen LogP contribution in [0, 0.1) is 0 Å². The van der Waals surface area contributed by atoms with Gasteiger partial charge < -0.3 is 9.47 Å². The van der Waals surface area contributed by atoms with Crippen LogP contribution < -0.4 is 0 Å². The molecule has 0 amide bonds. The standard InChI is InChI=1S/C7H7BrO5/c8-2-5(9)7(11)13-4-1-6(10)12-3-4/h4H,1-3H2. The van der Waals surface area contributed by atoms with Crippen molar-refractivity contribution >= 4 is 33.7 Å². The van der Waals surface area contributed by atoms with Crippen molar-refractivity contribution in [3.05, 3.63) is 0 Å². The first-order valence-corrected chi connectivity index (χ1v) is 4.71. The number of hydrogen-bond donors (Lipinski definition) is 0. The van der Waals surface area contributed by atoms with E-state index in [0.29, 0.717) is 0 Å². The maximum Gasteiger partial charge on any atom is 0.375 e. The fourth-order valence-electron chi connectivity index (χ4n) is 0.837. The Morgan fingerprint density at radius 3 is 2.77 bits per heavy atom. The van der Waals surface area contributed by atoms with Gasteiger partial charge in [-0.05, 0) is 0 Å². The van der Waals surface area contributed by atoms with Crippen LogP contribution in [0.3, 0.4) is 0 Å². The van der Waals surface area contributed by atoms with Gasteiger partial charge in [0.2, 0.25) is 0 Å².